The summed E-state index contributed by atoms with van der Waals surface area (Å²) in [6, 6.07) is 18.6. The average molecular weight is 497 g/mol. The van der Waals surface area contributed by atoms with E-state index in [0.29, 0.717) is 11.4 Å². The van der Waals surface area contributed by atoms with Gasteiger partial charge in [0, 0.05) is 0 Å². The zero-order valence-corrected chi connectivity index (χ0v) is 21.5. The maximum atomic E-state index is 13.5. The molecule has 186 valence electrons. The molecule has 35 heavy (non-hydrogen) atoms. The van der Waals surface area contributed by atoms with Crippen molar-refractivity contribution in [2.24, 2.45) is 0 Å². The minimum absolute atomic E-state index is 0.00908. The molecule has 0 saturated heterocycles. The van der Waals surface area contributed by atoms with Crippen LogP contribution in [0.4, 0.5) is 5.69 Å². The van der Waals surface area contributed by atoms with E-state index in [0.717, 1.165) is 16.7 Å². The monoisotopic (exact) mass is 496 g/mol. The van der Waals surface area contributed by atoms with E-state index in [1.165, 1.54) is 14.2 Å². The van der Waals surface area contributed by atoms with Gasteiger partial charge in [0.05, 0.1) is 19.9 Å². The SMILES string of the molecule is COc1ccc(C)cc1NC(=O)C(Cc1ccccc1)NS(=O)(=O)c1cc(C(C)C)ccc1OC. The van der Waals surface area contributed by atoms with Gasteiger partial charge in [-0.2, -0.15) is 4.72 Å². The standard InChI is InChI=1S/C27H32N2O5S/c1-18(2)21-12-14-25(34-5)26(17-21)35(31,32)29-23(16-20-9-7-6-8-10-20)27(30)28-22-15-19(3)11-13-24(22)33-4/h6-15,17-18,23,29H,16H2,1-5H3,(H,28,30). The Morgan fingerprint density at radius 2 is 1.57 bits per heavy atom. The predicted molar refractivity (Wildman–Crippen MR) is 138 cm³/mol. The van der Waals surface area contributed by atoms with E-state index >= 15 is 0 Å². The van der Waals surface area contributed by atoms with E-state index in [9.17, 15) is 13.2 Å². The van der Waals surface area contributed by atoms with Crippen LogP contribution in [0.3, 0.4) is 0 Å². The number of methoxy groups -OCH3 is 2. The molecule has 1 atom stereocenters. The van der Waals surface area contributed by atoms with Gasteiger partial charge in [0.25, 0.3) is 0 Å². The molecule has 0 fully saturated rings. The molecular formula is C27H32N2O5S. The molecule has 0 saturated carbocycles. The Bertz CT molecular complexity index is 1270. The summed E-state index contributed by atoms with van der Waals surface area (Å²) in [5.41, 5.74) is 3.06. The van der Waals surface area contributed by atoms with Gasteiger partial charge in [-0.05, 0) is 60.2 Å². The van der Waals surface area contributed by atoms with Gasteiger partial charge in [0.2, 0.25) is 15.9 Å². The lowest BCUT2D eigenvalue weighted by Crippen LogP contribution is -2.45. The highest BCUT2D eigenvalue weighted by molar-refractivity contribution is 7.89. The second kappa shape index (κ2) is 11.4. The molecule has 0 radical (unpaired) electrons. The van der Waals surface area contributed by atoms with Gasteiger partial charge >= 0.3 is 0 Å². The summed E-state index contributed by atoms with van der Waals surface area (Å²) >= 11 is 0. The summed E-state index contributed by atoms with van der Waals surface area (Å²) in [5.74, 6) is 0.310. The third-order valence-electron chi connectivity index (χ3n) is 5.65. The van der Waals surface area contributed by atoms with E-state index in [4.69, 9.17) is 9.47 Å². The van der Waals surface area contributed by atoms with Crippen LogP contribution in [-0.4, -0.2) is 34.6 Å². The minimum Gasteiger partial charge on any atom is -0.495 e. The number of amides is 1. The maximum Gasteiger partial charge on any atom is 0.245 e. The van der Waals surface area contributed by atoms with Crippen LogP contribution in [0.15, 0.2) is 71.6 Å². The van der Waals surface area contributed by atoms with Crippen molar-refractivity contribution in [2.75, 3.05) is 19.5 Å². The Morgan fingerprint density at radius 3 is 2.20 bits per heavy atom. The number of anilines is 1. The molecule has 0 aliphatic carbocycles. The Balaban J connectivity index is 1.98. The van der Waals surface area contributed by atoms with Gasteiger partial charge in [-0.3, -0.25) is 4.79 Å². The first kappa shape index (κ1) is 26.2. The van der Waals surface area contributed by atoms with Crippen molar-refractivity contribution in [1.82, 2.24) is 4.72 Å². The number of aryl methyl sites for hydroxylation is 1. The normalized spacial score (nSPS) is 12.3. The molecule has 3 aromatic carbocycles. The highest BCUT2D eigenvalue weighted by atomic mass is 32.2. The number of rotatable bonds is 10. The molecule has 0 aromatic heterocycles. The van der Waals surface area contributed by atoms with Crippen molar-refractivity contribution in [1.29, 1.82) is 0 Å². The lowest BCUT2D eigenvalue weighted by molar-refractivity contribution is -0.117. The molecule has 0 bridgehead atoms. The van der Waals surface area contributed by atoms with Crippen LogP contribution in [0.5, 0.6) is 11.5 Å². The highest BCUT2D eigenvalue weighted by Gasteiger charge is 2.29. The molecule has 3 aromatic rings. The summed E-state index contributed by atoms with van der Waals surface area (Å²) in [4.78, 5) is 13.4. The molecule has 0 aliphatic heterocycles. The van der Waals surface area contributed by atoms with E-state index in [-0.39, 0.29) is 23.0 Å². The number of carbonyl (C=O) groups excluding carboxylic acids is 1. The van der Waals surface area contributed by atoms with Crippen LogP contribution >= 0.6 is 0 Å². The van der Waals surface area contributed by atoms with E-state index in [2.05, 4.69) is 10.0 Å². The number of sulfonamides is 1. The predicted octanol–water partition coefficient (Wildman–Crippen LogP) is 4.66. The summed E-state index contributed by atoms with van der Waals surface area (Å²) in [5, 5.41) is 2.83. The first-order valence-electron chi connectivity index (χ1n) is 11.3. The van der Waals surface area contributed by atoms with E-state index in [1.54, 1.807) is 24.3 Å². The molecular weight excluding hydrogens is 464 g/mol. The molecule has 8 heteroatoms. The molecule has 0 spiro atoms. The smallest absolute Gasteiger partial charge is 0.245 e. The second-order valence-corrected chi connectivity index (χ2v) is 10.3. The van der Waals surface area contributed by atoms with Gasteiger partial charge < -0.3 is 14.8 Å². The van der Waals surface area contributed by atoms with Crippen LogP contribution < -0.4 is 19.5 Å². The maximum absolute atomic E-state index is 13.5. The summed E-state index contributed by atoms with van der Waals surface area (Å²) < 4.78 is 40.4. The van der Waals surface area contributed by atoms with E-state index < -0.39 is 22.0 Å². The van der Waals surface area contributed by atoms with Crippen LogP contribution in [0, 0.1) is 6.92 Å². The second-order valence-electron chi connectivity index (χ2n) is 8.62. The molecule has 1 unspecified atom stereocenters. The number of hydrogen-bond donors (Lipinski definition) is 2. The number of hydrogen-bond acceptors (Lipinski definition) is 5. The number of carbonyl (C=O) groups is 1. The van der Waals surface area contributed by atoms with Crippen molar-refractivity contribution in [3.63, 3.8) is 0 Å². The van der Waals surface area contributed by atoms with Gasteiger partial charge in [0.1, 0.15) is 22.4 Å². The zero-order chi connectivity index (χ0) is 25.6. The van der Waals surface area contributed by atoms with Crippen molar-refractivity contribution in [3.8, 4) is 11.5 Å². The van der Waals surface area contributed by atoms with Crippen molar-refractivity contribution in [2.45, 2.75) is 44.0 Å². The number of benzene rings is 3. The summed E-state index contributed by atoms with van der Waals surface area (Å²) in [6.45, 7) is 5.85. The highest BCUT2D eigenvalue weighted by Crippen LogP contribution is 2.29. The number of ether oxygens (including phenoxy) is 2. The molecule has 0 heterocycles. The fraction of sp³-hybridized carbons (Fsp3) is 0.296. The van der Waals surface area contributed by atoms with Crippen molar-refractivity contribution >= 4 is 21.6 Å². The number of nitrogens with one attached hydrogen (secondary N) is 2. The van der Waals surface area contributed by atoms with Gasteiger partial charge in [0.15, 0.2) is 0 Å². The molecule has 3 rings (SSSR count). The fourth-order valence-electron chi connectivity index (χ4n) is 3.69. The molecule has 2 N–H and O–H groups in total. The van der Waals surface area contributed by atoms with Crippen molar-refractivity contribution < 1.29 is 22.7 Å². The fourth-order valence-corrected chi connectivity index (χ4v) is 5.09. The zero-order valence-electron chi connectivity index (χ0n) is 20.7. The Labute approximate surface area is 207 Å². The Morgan fingerprint density at radius 1 is 0.914 bits per heavy atom. The van der Waals surface area contributed by atoms with E-state index in [1.807, 2.05) is 63.2 Å². The minimum atomic E-state index is -4.11. The first-order valence-corrected chi connectivity index (χ1v) is 12.8. The Hall–Kier alpha value is -3.36. The average Bonchev–Trinajstić information content (AvgIpc) is 2.83. The van der Waals surface area contributed by atoms with Crippen LogP contribution in [0.1, 0.15) is 36.5 Å². The lowest BCUT2D eigenvalue weighted by atomic mass is 10.0. The Kier molecular flexibility index (Phi) is 8.53. The van der Waals surface area contributed by atoms with Gasteiger partial charge in [-0.25, -0.2) is 8.42 Å². The van der Waals surface area contributed by atoms with Crippen molar-refractivity contribution in [3.05, 3.63) is 83.4 Å². The van der Waals surface area contributed by atoms with Crippen LogP contribution in [0.2, 0.25) is 0 Å². The lowest BCUT2D eigenvalue weighted by Gasteiger charge is -2.21. The molecule has 1 amide bonds. The first-order chi connectivity index (χ1) is 16.6. The van der Waals surface area contributed by atoms with Crippen LogP contribution in [0.25, 0.3) is 0 Å². The van der Waals surface area contributed by atoms with Gasteiger partial charge in [-0.15, -0.1) is 0 Å². The summed E-state index contributed by atoms with van der Waals surface area (Å²) in [7, 11) is -1.18. The van der Waals surface area contributed by atoms with Gasteiger partial charge in [-0.1, -0.05) is 56.3 Å². The molecule has 7 nitrogen and oxygen atoms in total. The third-order valence-corrected chi connectivity index (χ3v) is 7.15. The summed E-state index contributed by atoms with van der Waals surface area (Å²) in [6.07, 6.45) is 0.159. The third kappa shape index (κ3) is 6.61. The topological polar surface area (TPSA) is 93.7 Å². The molecule has 0 aliphatic rings. The largest absolute Gasteiger partial charge is 0.495 e. The quantitative estimate of drug-likeness (QED) is 0.426. The van der Waals surface area contributed by atoms with Crippen LogP contribution in [-0.2, 0) is 21.2 Å².